The molecule has 100 valence electrons. The third kappa shape index (κ3) is 3.00. The van der Waals surface area contributed by atoms with Crippen LogP contribution in [0.2, 0.25) is 0 Å². The average molecular weight is 328 g/mol. The Hall–Kier alpha value is -0.140. The first-order valence-electron chi connectivity index (χ1n) is 5.36. The molecule has 0 spiro atoms. The van der Waals surface area contributed by atoms with Crippen molar-refractivity contribution in [3.05, 3.63) is 0 Å². The van der Waals surface area contributed by atoms with E-state index in [9.17, 15) is 13.2 Å². The largest absolute Gasteiger partial charge is 0.377 e. The Morgan fingerprint density at radius 1 is 1.53 bits per heavy atom. The molecule has 0 aromatic carbocycles. The van der Waals surface area contributed by atoms with Crippen molar-refractivity contribution < 1.29 is 17.9 Å². The smallest absolute Gasteiger partial charge is 0.243 e. The molecule has 0 aromatic rings. The van der Waals surface area contributed by atoms with E-state index >= 15 is 0 Å². The van der Waals surface area contributed by atoms with Crippen LogP contribution in [0, 0.1) is 0 Å². The summed E-state index contributed by atoms with van der Waals surface area (Å²) in [6.45, 7) is 4.23. The highest BCUT2D eigenvalue weighted by Gasteiger charge is 2.43. The molecule has 1 saturated heterocycles. The summed E-state index contributed by atoms with van der Waals surface area (Å²) in [4.78, 5) is 13.9. The lowest BCUT2D eigenvalue weighted by Crippen LogP contribution is -2.57. The zero-order valence-electron chi connectivity index (χ0n) is 10.3. The van der Waals surface area contributed by atoms with E-state index in [-0.39, 0.29) is 11.9 Å². The summed E-state index contributed by atoms with van der Waals surface area (Å²) in [5.74, 6) is -0.354. The highest BCUT2D eigenvalue weighted by molar-refractivity contribution is 9.09. The topological polar surface area (TPSA) is 63.7 Å². The van der Waals surface area contributed by atoms with Gasteiger partial charge in [0.05, 0.1) is 19.3 Å². The lowest BCUT2D eigenvalue weighted by atomic mass is 10.1. The minimum atomic E-state index is -3.43. The Kier molecular flexibility index (Phi) is 4.60. The van der Waals surface area contributed by atoms with Gasteiger partial charge < -0.3 is 9.64 Å². The van der Waals surface area contributed by atoms with Gasteiger partial charge in [-0.3, -0.25) is 4.79 Å². The van der Waals surface area contributed by atoms with Crippen molar-refractivity contribution in [3.8, 4) is 0 Å². The number of hydrogen-bond acceptors (Lipinski definition) is 4. The van der Waals surface area contributed by atoms with Crippen LogP contribution in [0.3, 0.4) is 0 Å². The summed E-state index contributed by atoms with van der Waals surface area (Å²) in [7, 11) is -3.43. The second kappa shape index (κ2) is 5.24. The van der Waals surface area contributed by atoms with E-state index in [0.717, 1.165) is 6.26 Å². The summed E-state index contributed by atoms with van der Waals surface area (Å²) in [6.07, 6.45) is 1.09. The van der Waals surface area contributed by atoms with Gasteiger partial charge in [-0.05, 0) is 13.8 Å². The molecule has 7 heteroatoms. The number of rotatable bonds is 3. The van der Waals surface area contributed by atoms with Crippen LogP contribution in [0.25, 0.3) is 0 Å². The summed E-state index contributed by atoms with van der Waals surface area (Å²) in [6, 6.07) is -0.0997. The summed E-state index contributed by atoms with van der Waals surface area (Å²) >= 11 is 3.31. The second-order valence-corrected chi connectivity index (χ2v) is 7.88. The Morgan fingerprint density at radius 2 is 2.12 bits per heavy atom. The maximum absolute atomic E-state index is 12.3. The summed E-state index contributed by atoms with van der Waals surface area (Å²) in [5, 5.41) is 0.582. The number of hydrogen-bond donors (Lipinski definition) is 0. The summed E-state index contributed by atoms with van der Waals surface area (Å²) in [5.41, 5.74) is 0. The van der Waals surface area contributed by atoms with Crippen LogP contribution in [-0.2, 0) is 19.4 Å². The molecule has 0 radical (unpaired) electrons. The molecule has 1 fully saturated rings. The van der Waals surface area contributed by atoms with Crippen LogP contribution in [0.15, 0.2) is 0 Å². The van der Waals surface area contributed by atoms with E-state index in [1.807, 2.05) is 0 Å². The maximum atomic E-state index is 12.3. The fourth-order valence-electron chi connectivity index (χ4n) is 1.55. The Bertz CT molecular complexity index is 393. The van der Waals surface area contributed by atoms with Crippen molar-refractivity contribution in [1.29, 1.82) is 0 Å². The lowest BCUT2D eigenvalue weighted by molar-refractivity contribution is -0.140. The van der Waals surface area contributed by atoms with Gasteiger partial charge in [-0.2, -0.15) is 0 Å². The van der Waals surface area contributed by atoms with Crippen molar-refractivity contribution in [2.24, 2.45) is 0 Å². The normalized spacial score (nSPS) is 22.6. The predicted octanol–water partition coefficient (Wildman–Crippen LogP) is 0.432. The van der Waals surface area contributed by atoms with Gasteiger partial charge in [0.15, 0.2) is 9.84 Å². The van der Waals surface area contributed by atoms with E-state index in [1.54, 1.807) is 4.90 Å². The van der Waals surface area contributed by atoms with Crippen LogP contribution >= 0.6 is 15.9 Å². The quantitative estimate of drug-likeness (QED) is 0.705. The van der Waals surface area contributed by atoms with E-state index in [4.69, 9.17) is 4.74 Å². The molecule has 0 aromatic heterocycles. The van der Waals surface area contributed by atoms with Gasteiger partial charge in [0, 0.05) is 18.1 Å². The van der Waals surface area contributed by atoms with Gasteiger partial charge >= 0.3 is 0 Å². The van der Waals surface area contributed by atoms with Crippen LogP contribution < -0.4 is 0 Å². The van der Waals surface area contributed by atoms with Crippen LogP contribution in [0.1, 0.15) is 13.8 Å². The molecular formula is C10H18BrNO4S. The Balaban J connectivity index is 2.95. The summed E-state index contributed by atoms with van der Waals surface area (Å²) < 4.78 is 27.2. The van der Waals surface area contributed by atoms with Crippen molar-refractivity contribution in [2.75, 3.05) is 31.3 Å². The second-order valence-electron chi connectivity index (χ2n) is 4.66. The average Bonchev–Trinajstić information content (AvgIpc) is 2.26. The molecule has 0 aliphatic carbocycles. The number of alkyl halides is 1. The van der Waals surface area contributed by atoms with Crippen molar-refractivity contribution in [2.45, 2.75) is 24.6 Å². The van der Waals surface area contributed by atoms with Crippen LogP contribution in [0.5, 0.6) is 0 Å². The number of nitrogens with zero attached hydrogens (tertiary/aromatic N) is 1. The first-order chi connectivity index (χ1) is 7.71. The minimum absolute atomic E-state index is 0.0997. The van der Waals surface area contributed by atoms with Crippen LogP contribution in [-0.4, -0.2) is 61.4 Å². The van der Waals surface area contributed by atoms with E-state index in [0.29, 0.717) is 25.1 Å². The molecule has 17 heavy (non-hydrogen) atoms. The minimum Gasteiger partial charge on any atom is -0.377 e. The van der Waals surface area contributed by atoms with Crippen molar-refractivity contribution in [3.63, 3.8) is 0 Å². The standard InChI is InChI=1S/C10H18BrNO4S/c1-10(2,17(3,14)15)9(13)12-4-5-16-7-8(12)6-11/h8H,4-7H2,1-3H3. The fraction of sp³-hybridized carbons (Fsp3) is 0.900. The monoisotopic (exact) mass is 327 g/mol. The van der Waals surface area contributed by atoms with Gasteiger partial charge in [0.25, 0.3) is 0 Å². The number of halogens is 1. The molecule has 0 N–H and O–H groups in total. The highest BCUT2D eigenvalue weighted by atomic mass is 79.9. The Morgan fingerprint density at radius 3 is 2.59 bits per heavy atom. The SMILES string of the molecule is CC(C)(C(=O)N1CCOCC1CBr)S(C)(=O)=O. The Labute approximate surface area is 111 Å². The number of ether oxygens (including phenoxy) is 1. The van der Waals surface area contributed by atoms with Crippen LogP contribution in [0.4, 0.5) is 0 Å². The van der Waals surface area contributed by atoms with Gasteiger partial charge in [0.2, 0.25) is 5.91 Å². The molecule has 1 rings (SSSR count). The van der Waals surface area contributed by atoms with Gasteiger partial charge in [0.1, 0.15) is 4.75 Å². The van der Waals surface area contributed by atoms with E-state index in [2.05, 4.69) is 15.9 Å². The first-order valence-corrected chi connectivity index (χ1v) is 8.37. The zero-order valence-corrected chi connectivity index (χ0v) is 12.7. The third-order valence-electron chi connectivity index (χ3n) is 3.11. The fourth-order valence-corrected chi connectivity index (χ4v) is 2.53. The van der Waals surface area contributed by atoms with Gasteiger partial charge in [-0.15, -0.1) is 0 Å². The molecule has 5 nitrogen and oxygen atoms in total. The molecule has 0 saturated carbocycles. The molecule has 1 atom stereocenters. The van der Waals surface area contributed by atoms with Crippen molar-refractivity contribution >= 4 is 31.7 Å². The third-order valence-corrected chi connectivity index (χ3v) is 5.88. The van der Waals surface area contributed by atoms with E-state index in [1.165, 1.54) is 13.8 Å². The lowest BCUT2D eigenvalue weighted by Gasteiger charge is -2.38. The zero-order chi connectivity index (χ0) is 13.3. The van der Waals surface area contributed by atoms with Crippen molar-refractivity contribution in [1.82, 2.24) is 4.90 Å². The molecule has 1 unspecified atom stereocenters. The molecule has 0 bridgehead atoms. The first kappa shape index (κ1) is 14.9. The highest BCUT2D eigenvalue weighted by Crippen LogP contribution is 2.22. The number of amides is 1. The molecule has 1 aliphatic rings. The molecule has 1 heterocycles. The van der Waals surface area contributed by atoms with Gasteiger partial charge in [-0.25, -0.2) is 8.42 Å². The molecule has 1 amide bonds. The number of carbonyl (C=O) groups is 1. The van der Waals surface area contributed by atoms with E-state index < -0.39 is 14.6 Å². The number of carbonyl (C=O) groups excluding carboxylic acids is 1. The number of morpholine rings is 1. The maximum Gasteiger partial charge on any atom is 0.243 e. The predicted molar refractivity (Wildman–Crippen MR) is 69.0 cm³/mol. The number of sulfone groups is 1. The molecule has 1 aliphatic heterocycles. The molecular weight excluding hydrogens is 310 g/mol. The van der Waals surface area contributed by atoms with Gasteiger partial charge in [-0.1, -0.05) is 15.9 Å².